The van der Waals surface area contributed by atoms with E-state index >= 15 is 0 Å². The van der Waals surface area contributed by atoms with Crippen molar-refractivity contribution in [2.24, 2.45) is 0 Å². The maximum absolute atomic E-state index is 13.6. The number of hydrogen-bond donors (Lipinski definition) is 0. The topological polar surface area (TPSA) is 29.3 Å². The summed E-state index contributed by atoms with van der Waals surface area (Å²) in [5.41, 5.74) is 4.63. The van der Waals surface area contributed by atoms with Crippen LogP contribution in [0.2, 0.25) is 0 Å². The number of methoxy groups -OCH3 is 1. The van der Waals surface area contributed by atoms with Crippen LogP contribution in [-0.2, 0) is 10.8 Å². The second-order valence-corrected chi connectivity index (χ2v) is 9.35. The highest BCUT2D eigenvalue weighted by Crippen LogP contribution is 2.58. The highest BCUT2D eigenvalue weighted by Gasteiger charge is 2.64. The zero-order chi connectivity index (χ0) is 19.9. The number of benzene rings is 3. The Morgan fingerprint density at radius 2 is 1.39 bits per heavy atom. The monoisotopic (exact) mass is 391 g/mol. The van der Waals surface area contributed by atoms with Crippen LogP contribution < -0.4 is 9.64 Å². The van der Waals surface area contributed by atoms with Crippen molar-refractivity contribution in [3.63, 3.8) is 0 Å². The van der Waals surface area contributed by atoms with E-state index in [1.54, 1.807) is 7.11 Å². The Balaban J connectivity index is 1.75. The van der Waals surface area contributed by atoms with Gasteiger partial charge in [-0.15, -0.1) is 0 Å². The zero-order valence-corrected chi connectivity index (χ0v) is 17.5. The number of hydrogen-bond acceptors (Lipinski definition) is 3. The standard InChI is InChI=1S/C24H25NO2S/c1-17-5-9-19(10-6-17)23-24(3,28(26)22-15-7-18(2)8-16-22)25(23)20-11-13-21(27-4)14-12-20/h5-16,23H,1-4H3/t23-,24-,25?,28?/m1/s1. The van der Waals surface area contributed by atoms with Gasteiger partial charge in [0, 0.05) is 10.6 Å². The number of anilines is 1. The molecule has 144 valence electrons. The molecule has 0 aliphatic carbocycles. The van der Waals surface area contributed by atoms with Gasteiger partial charge < -0.3 is 9.64 Å². The average Bonchev–Trinajstić information content (AvgIpc) is 3.35. The van der Waals surface area contributed by atoms with Crippen LogP contribution >= 0.6 is 0 Å². The quantitative estimate of drug-likeness (QED) is 0.546. The third kappa shape index (κ3) is 3.12. The van der Waals surface area contributed by atoms with Gasteiger partial charge in [0.15, 0.2) is 0 Å². The lowest BCUT2D eigenvalue weighted by atomic mass is 10.1. The van der Waals surface area contributed by atoms with Crippen LogP contribution in [-0.4, -0.2) is 16.2 Å². The van der Waals surface area contributed by atoms with Crippen molar-refractivity contribution in [1.82, 2.24) is 0 Å². The van der Waals surface area contributed by atoms with Gasteiger partial charge in [-0.25, -0.2) is 0 Å². The molecule has 1 aliphatic heterocycles. The van der Waals surface area contributed by atoms with Crippen molar-refractivity contribution in [2.75, 3.05) is 12.0 Å². The lowest BCUT2D eigenvalue weighted by Crippen LogP contribution is -2.21. The van der Waals surface area contributed by atoms with Crippen molar-refractivity contribution in [3.05, 3.63) is 89.5 Å². The summed E-state index contributed by atoms with van der Waals surface area (Å²) in [4.78, 5) is 2.62. The molecule has 3 aromatic rings. The molecule has 0 spiro atoms. The Kier molecular flexibility index (Phi) is 4.76. The molecule has 1 fully saturated rings. The average molecular weight is 392 g/mol. The molecule has 3 aromatic carbocycles. The molecule has 1 heterocycles. The van der Waals surface area contributed by atoms with Crippen LogP contribution in [0.15, 0.2) is 77.7 Å². The normalized spacial score (nSPS) is 22.0. The first-order valence-corrected chi connectivity index (χ1v) is 10.6. The summed E-state index contributed by atoms with van der Waals surface area (Å²) in [7, 11) is 0.488. The molecule has 3 atom stereocenters. The summed E-state index contributed by atoms with van der Waals surface area (Å²) in [5.74, 6) is 0.818. The Labute approximate surface area is 169 Å². The van der Waals surface area contributed by atoms with Crippen LogP contribution in [0.25, 0.3) is 0 Å². The van der Waals surface area contributed by atoms with E-state index in [-0.39, 0.29) is 6.04 Å². The Hall–Kier alpha value is -2.59. The highest BCUT2D eigenvalue weighted by atomic mass is 32.2. The molecule has 3 nitrogen and oxygen atoms in total. The third-order valence-electron chi connectivity index (χ3n) is 5.53. The largest absolute Gasteiger partial charge is 0.497 e. The minimum atomic E-state index is -1.18. The van der Waals surface area contributed by atoms with Crippen molar-refractivity contribution < 1.29 is 8.95 Å². The molecule has 1 aliphatic rings. The lowest BCUT2D eigenvalue weighted by molar-refractivity contribution is 0.415. The van der Waals surface area contributed by atoms with Crippen LogP contribution in [0, 0.1) is 13.8 Å². The van der Waals surface area contributed by atoms with E-state index in [0.29, 0.717) is 0 Å². The van der Waals surface area contributed by atoms with Crippen molar-refractivity contribution in [3.8, 4) is 5.75 Å². The van der Waals surface area contributed by atoms with Crippen molar-refractivity contribution in [1.29, 1.82) is 0 Å². The maximum atomic E-state index is 13.6. The van der Waals surface area contributed by atoms with Crippen LogP contribution in [0.1, 0.15) is 29.7 Å². The van der Waals surface area contributed by atoms with Gasteiger partial charge in [-0.2, -0.15) is 0 Å². The summed E-state index contributed by atoms with van der Waals surface area (Å²) in [5, 5.41) is 0. The number of ether oxygens (including phenoxy) is 1. The number of aryl methyl sites for hydroxylation is 2. The van der Waals surface area contributed by atoms with Gasteiger partial charge in [0.25, 0.3) is 0 Å². The lowest BCUT2D eigenvalue weighted by Gasteiger charge is -2.14. The van der Waals surface area contributed by atoms with E-state index in [1.807, 2.05) is 55.5 Å². The van der Waals surface area contributed by atoms with Crippen LogP contribution in [0.5, 0.6) is 5.75 Å². The maximum Gasteiger partial charge on any atom is 0.143 e. The van der Waals surface area contributed by atoms with E-state index in [9.17, 15) is 4.21 Å². The molecule has 0 amide bonds. The van der Waals surface area contributed by atoms with E-state index in [1.165, 1.54) is 16.7 Å². The molecule has 28 heavy (non-hydrogen) atoms. The fraction of sp³-hybridized carbons (Fsp3) is 0.250. The third-order valence-corrected chi connectivity index (χ3v) is 7.40. The van der Waals surface area contributed by atoms with Crippen molar-refractivity contribution >= 4 is 16.5 Å². The molecule has 4 rings (SSSR count). The zero-order valence-electron chi connectivity index (χ0n) is 16.7. The summed E-state index contributed by atoms with van der Waals surface area (Å²) in [6, 6.07) is 24.6. The Bertz CT molecular complexity index is 996. The molecule has 1 unspecified atom stereocenters. The van der Waals surface area contributed by atoms with E-state index < -0.39 is 15.7 Å². The molecule has 4 heteroatoms. The summed E-state index contributed by atoms with van der Waals surface area (Å²) < 4.78 is 18.9. The van der Waals surface area contributed by atoms with Crippen LogP contribution in [0.4, 0.5) is 5.69 Å². The Morgan fingerprint density at radius 3 is 1.93 bits per heavy atom. The number of nitrogens with zero attached hydrogens (tertiary/aromatic N) is 1. The van der Waals surface area contributed by atoms with E-state index in [4.69, 9.17) is 4.74 Å². The molecule has 0 bridgehead atoms. The van der Waals surface area contributed by atoms with Crippen molar-refractivity contribution in [2.45, 2.75) is 36.6 Å². The number of rotatable bonds is 5. The summed E-state index contributed by atoms with van der Waals surface area (Å²) >= 11 is 0. The predicted octanol–water partition coefficient (Wildman–Crippen LogP) is 5.40. The smallest absolute Gasteiger partial charge is 0.143 e. The Morgan fingerprint density at radius 1 is 0.857 bits per heavy atom. The summed E-state index contributed by atoms with van der Waals surface area (Å²) in [6.07, 6.45) is 0. The van der Waals surface area contributed by atoms with Gasteiger partial charge in [0.05, 0.1) is 24.0 Å². The van der Waals surface area contributed by atoms with Gasteiger partial charge in [0.2, 0.25) is 0 Å². The van der Waals surface area contributed by atoms with Gasteiger partial charge in [-0.1, -0.05) is 47.5 Å². The molecule has 0 aromatic heterocycles. The molecule has 0 saturated carbocycles. The van der Waals surface area contributed by atoms with E-state index in [0.717, 1.165) is 16.3 Å². The minimum Gasteiger partial charge on any atom is -0.497 e. The first-order valence-electron chi connectivity index (χ1n) is 9.43. The highest BCUT2D eigenvalue weighted by molar-refractivity contribution is 7.87. The first-order chi connectivity index (χ1) is 13.4. The van der Waals surface area contributed by atoms with Crippen LogP contribution in [0.3, 0.4) is 0 Å². The second kappa shape index (κ2) is 7.10. The predicted molar refractivity (Wildman–Crippen MR) is 115 cm³/mol. The van der Waals surface area contributed by atoms with Gasteiger partial charge in [0.1, 0.15) is 10.6 Å². The van der Waals surface area contributed by atoms with Gasteiger partial charge in [-0.3, -0.25) is 4.21 Å². The summed E-state index contributed by atoms with van der Waals surface area (Å²) in [6.45, 7) is 6.23. The molecule has 1 saturated heterocycles. The van der Waals surface area contributed by atoms with Gasteiger partial charge in [-0.05, 0) is 62.7 Å². The molecule has 0 N–H and O–H groups in total. The molecular formula is C24H25NO2S. The molecule has 0 radical (unpaired) electrons. The fourth-order valence-electron chi connectivity index (χ4n) is 3.82. The SMILES string of the molecule is COc1ccc(N2[C@H](c3ccc(C)cc3)[C@@]2(C)S(=O)c2ccc(C)cc2)cc1. The fourth-order valence-corrected chi connectivity index (χ4v) is 5.46. The van der Waals surface area contributed by atoms with Gasteiger partial charge >= 0.3 is 0 Å². The minimum absolute atomic E-state index is 0.0589. The second-order valence-electron chi connectivity index (χ2n) is 7.52. The van der Waals surface area contributed by atoms with E-state index in [2.05, 4.69) is 43.0 Å². The first kappa shape index (κ1) is 18.8. The molecular weight excluding hydrogens is 366 g/mol.